The zero-order chi connectivity index (χ0) is 11.0. The Labute approximate surface area is 95.4 Å². The maximum absolute atomic E-state index is 10.6. The van der Waals surface area contributed by atoms with E-state index in [1.807, 2.05) is 24.3 Å². The molecule has 0 bridgehead atoms. The van der Waals surface area contributed by atoms with Gasteiger partial charge in [0.05, 0.1) is 13.2 Å². The molecule has 0 radical (unpaired) electrons. The minimum atomic E-state index is -0.850. The van der Waals surface area contributed by atoms with Crippen LogP contribution in [0.25, 0.3) is 0 Å². The number of hydrogen-bond donors (Lipinski definition) is 2. The molecule has 2 aliphatic rings. The third-order valence-corrected chi connectivity index (χ3v) is 3.38. The zero-order valence-corrected chi connectivity index (χ0v) is 9.28. The Kier molecular flexibility index (Phi) is 2.46. The molecule has 0 amide bonds. The molecule has 1 aliphatic carbocycles. The maximum atomic E-state index is 10.6. The molecule has 3 nitrogen and oxygen atoms in total. The lowest BCUT2D eigenvalue weighted by molar-refractivity contribution is -0.0714. The van der Waals surface area contributed by atoms with E-state index in [-0.39, 0.29) is 0 Å². The molecular formula is C13H17NO2. The van der Waals surface area contributed by atoms with Crippen LogP contribution in [0.2, 0.25) is 0 Å². The van der Waals surface area contributed by atoms with Gasteiger partial charge in [-0.3, -0.25) is 0 Å². The van der Waals surface area contributed by atoms with E-state index in [1.165, 1.54) is 12.8 Å². The average molecular weight is 219 g/mol. The monoisotopic (exact) mass is 219 g/mol. The predicted molar refractivity (Wildman–Crippen MR) is 61.0 cm³/mol. The fourth-order valence-electron chi connectivity index (χ4n) is 2.25. The van der Waals surface area contributed by atoms with Gasteiger partial charge in [-0.25, -0.2) is 0 Å². The van der Waals surface area contributed by atoms with Gasteiger partial charge in [0.1, 0.15) is 5.60 Å². The molecular weight excluding hydrogens is 202 g/mol. The van der Waals surface area contributed by atoms with Crippen LogP contribution >= 0.6 is 0 Å². The van der Waals surface area contributed by atoms with Crippen LogP contribution in [0.15, 0.2) is 24.3 Å². The summed E-state index contributed by atoms with van der Waals surface area (Å²) in [6.07, 6.45) is 2.47. The van der Waals surface area contributed by atoms with Gasteiger partial charge in [0.2, 0.25) is 0 Å². The van der Waals surface area contributed by atoms with E-state index in [1.54, 1.807) is 0 Å². The van der Waals surface area contributed by atoms with Gasteiger partial charge < -0.3 is 15.2 Å². The molecule has 16 heavy (non-hydrogen) atoms. The van der Waals surface area contributed by atoms with Crippen LogP contribution < -0.4 is 5.32 Å². The second-order valence-corrected chi connectivity index (χ2v) is 4.84. The molecule has 3 rings (SSSR count). The van der Waals surface area contributed by atoms with Crippen molar-refractivity contribution in [1.82, 2.24) is 5.32 Å². The molecule has 1 heterocycles. The Morgan fingerprint density at radius 3 is 3.00 bits per heavy atom. The van der Waals surface area contributed by atoms with E-state index in [0.29, 0.717) is 25.8 Å². The minimum absolute atomic E-state index is 0.393. The lowest BCUT2D eigenvalue weighted by atomic mass is 9.88. The van der Waals surface area contributed by atoms with Gasteiger partial charge in [0, 0.05) is 12.6 Å². The SMILES string of the molecule is OC1(CNC2CC2)COCc2ccccc21. The van der Waals surface area contributed by atoms with Crippen LogP contribution in [-0.2, 0) is 16.9 Å². The summed E-state index contributed by atoms with van der Waals surface area (Å²) in [6.45, 7) is 1.60. The van der Waals surface area contributed by atoms with Crippen LogP contribution in [0.3, 0.4) is 0 Å². The second-order valence-electron chi connectivity index (χ2n) is 4.84. The summed E-state index contributed by atoms with van der Waals surface area (Å²) in [5.41, 5.74) is 1.28. The Morgan fingerprint density at radius 1 is 1.38 bits per heavy atom. The summed E-state index contributed by atoms with van der Waals surface area (Å²) in [7, 11) is 0. The summed E-state index contributed by atoms with van der Waals surface area (Å²) >= 11 is 0. The molecule has 2 N–H and O–H groups in total. The fourth-order valence-corrected chi connectivity index (χ4v) is 2.25. The van der Waals surface area contributed by atoms with Gasteiger partial charge in [-0.2, -0.15) is 0 Å². The van der Waals surface area contributed by atoms with Gasteiger partial charge in [-0.15, -0.1) is 0 Å². The lowest BCUT2D eigenvalue weighted by Gasteiger charge is -2.34. The molecule has 1 unspecified atom stereocenters. The summed E-state index contributed by atoms with van der Waals surface area (Å²) in [5, 5.41) is 14.0. The number of benzene rings is 1. The van der Waals surface area contributed by atoms with Gasteiger partial charge in [0.25, 0.3) is 0 Å². The van der Waals surface area contributed by atoms with Crippen molar-refractivity contribution >= 4 is 0 Å². The number of hydrogen-bond acceptors (Lipinski definition) is 3. The molecule has 86 valence electrons. The molecule has 1 fully saturated rings. The molecule has 1 saturated carbocycles. The normalized spacial score (nSPS) is 28.8. The van der Waals surface area contributed by atoms with E-state index in [4.69, 9.17) is 4.74 Å². The number of fused-ring (bicyclic) bond motifs is 1. The van der Waals surface area contributed by atoms with Crippen molar-refractivity contribution in [3.63, 3.8) is 0 Å². The molecule has 3 heteroatoms. The molecule has 1 aliphatic heterocycles. The zero-order valence-electron chi connectivity index (χ0n) is 9.28. The van der Waals surface area contributed by atoms with Crippen molar-refractivity contribution in [1.29, 1.82) is 0 Å². The molecule has 0 saturated heterocycles. The summed E-state index contributed by atoms with van der Waals surface area (Å²) in [4.78, 5) is 0. The van der Waals surface area contributed by atoms with E-state index in [2.05, 4.69) is 5.32 Å². The molecule has 1 aromatic carbocycles. The maximum Gasteiger partial charge on any atom is 0.126 e. The van der Waals surface area contributed by atoms with Crippen molar-refractivity contribution in [2.24, 2.45) is 0 Å². The highest BCUT2D eigenvalue weighted by Gasteiger charge is 2.36. The average Bonchev–Trinajstić information content (AvgIpc) is 3.11. The van der Waals surface area contributed by atoms with Crippen molar-refractivity contribution in [2.75, 3.05) is 13.2 Å². The highest BCUT2D eigenvalue weighted by Crippen LogP contribution is 2.30. The minimum Gasteiger partial charge on any atom is -0.381 e. The Balaban J connectivity index is 1.83. The molecule has 1 aromatic rings. The van der Waals surface area contributed by atoms with Crippen LogP contribution in [0.1, 0.15) is 24.0 Å². The Bertz CT molecular complexity index is 389. The lowest BCUT2D eigenvalue weighted by Crippen LogP contribution is -2.45. The smallest absolute Gasteiger partial charge is 0.126 e. The van der Waals surface area contributed by atoms with Crippen LogP contribution in [-0.4, -0.2) is 24.3 Å². The van der Waals surface area contributed by atoms with Crippen LogP contribution in [0.4, 0.5) is 0 Å². The number of aliphatic hydroxyl groups is 1. The Hall–Kier alpha value is -0.900. The van der Waals surface area contributed by atoms with Crippen LogP contribution in [0.5, 0.6) is 0 Å². The van der Waals surface area contributed by atoms with Crippen molar-refractivity contribution in [3.05, 3.63) is 35.4 Å². The third-order valence-electron chi connectivity index (χ3n) is 3.38. The third kappa shape index (κ3) is 1.86. The summed E-state index contributed by atoms with van der Waals surface area (Å²) < 4.78 is 5.47. The first-order valence-corrected chi connectivity index (χ1v) is 5.90. The van der Waals surface area contributed by atoms with Gasteiger partial charge in [-0.05, 0) is 24.0 Å². The van der Waals surface area contributed by atoms with Crippen molar-refractivity contribution in [3.8, 4) is 0 Å². The van der Waals surface area contributed by atoms with Crippen molar-refractivity contribution < 1.29 is 9.84 Å². The van der Waals surface area contributed by atoms with E-state index in [0.717, 1.165) is 11.1 Å². The first kappa shape index (κ1) is 10.3. The highest BCUT2D eigenvalue weighted by molar-refractivity contribution is 5.34. The van der Waals surface area contributed by atoms with E-state index >= 15 is 0 Å². The summed E-state index contributed by atoms with van der Waals surface area (Å²) in [6, 6.07) is 8.61. The number of rotatable bonds is 3. The fraction of sp³-hybridized carbons (Fsp3) is 0.538. The second kappa shape index (κ2) is 3.84. The largest absolute Gasteiger partial charge is 0.381 e. The van der Waals surface area contributed by atoms with Crippen LogP contribution in [0, 0.1) is 0 Å². The summed E-state index contributed by atoms with van der Waals surface area (Å²) in [5.74, 6) is 0. The quantitative estimate of drug-likeness (QED) is 0.801. The highest BCUT2D eigenvalue weighted by atomic mass is 16.5. The first-order chi connectivity index (χ1) is 7.78. The number of nitrogens with one attached hydrogen (secondary N) is 1. The van der Waals surface area contributed by atoms with E-state index < -0.39 is 5.60 Å². The molecule has 0 spiro atoms. The standard InChI is InChI=1S/C13H17NO2/c15-13(8-14-11-5-6-11)9-16-7-10-3-1-2-4-12(10)13/h1-4,11,14-15H,5-9H2. The van der Waals surface area contributed by atoms with Gasteiger partial charge >= 0.3 is 0 Å². The topological polar surface area (TPSA) is 41.5 Å². The van der Waals surface area contributed by atoms with E-state index in [9.17, 15) is 5.11 Å². The predicted octanol–water partition coefficient (Wildman–Crippen LogP) is 1.16. The van der Waals surface area contributed by atoms with Gasteiger partial charge in [0.15, 0.2) is 0 Å². The molecule has 1 atom stereocenters. The molecule has 0 aromatic heterocycles. The Morgan fingerprint density at radius 2 is 2.19 bits per heavy atom. The number of ether oxygens (including phenoxy) is 1. The van der Waals surface area contributed by atoms with Gasteiger partial charge in [-0.1, -0.05) is 24.3 Å². The van der Waals surface area contributed by atoms with Crippen molar-refractivity contribution in [2.45, 2.75) is 31.1 Å². The first-order valence-electron chi connectivity index (χ1n) is 5.90.